The van der Waals surface area contributed by atoms with Crippen LogP contribution in [0.1, 0.15) is 18.4 Å². The fourth-order valence-corrected chi connectivity index (χ4v) is 3.41. The van der Waals surface area contributed by atoms with Crippen LogP contribution in [-0.2, 0) is 6.54 Å². The van der Waals surface area contributed by atoms with E-state index in [0.29, 0.717) is 23.0 Å². The summed E-state index contributed by atoms with van der Waals surface area (Å²) in [7, 11) is 1.50. The monoisotopic (exact) mass is 412 g/mol. The highest BCUT2D eigenvalue weighted by molar-refractivity contribution is 6.32. The second-order valence-corrected chi connectivity index (χ2v) is 7.32. The summed E-state index contributed by atoms with van der Waals surface area (Å²) in [6.07, 6.45) is 5.43. The molecule has 1 saturated carbocycles. The predicted molar refractivity (Wildman–Crippen MR) is 111 cm³/mol. The molecule has 1 aromatic heterocycles. The summed E-state index contributed by atoms with van der Waals surface area (Å²) in [5, 5.41) is 17.4. The van der Waals surface area contributed by atoms with E-state index in [9.17, 15) is 9.90 Å². The molecule has 1 aliphatic rings. The van der Waals surface area contributed by atoms with Crippen LogP contribution < -0.4 is 10.1 Å². The van der Waals surface area contributed by atoms with Crippen LogP contribution in [0.15, 0.2) is 54.9 Å². The van der Waals surface area contributed by atoms with Crippen LogP contribution in [0.2, 0.25) is 5.02 Å². The summed E-state index contributed by atoms with van der Waals surface area (Å²) in [5.74, 6) is 0.463. The molecule has 7 nitrogen and oxygen atoms in total. The van der Waals surface area contributed by atoms with Gasteiger partial charge >= 0.3 is 6.03 Å². The molecule has 1 heterocycles. The summed E-state index contributed by atoms with van der Waals surface area (Å²) >= 11 is 6.37. The summed E-state index contributed by atoms with van der Waals surface area (Å²) in [4.78, 5) is 14.7. The molecule has 0 saturated heterocycles. The number of rotatable bonds is 6. The molecule has 2 aromatic carbocycles. The Bertz CT molecular complexity index is 1020. The maximum absolute atomic E-state index is 12.9. The van der Waals surface area contributed by atoms with E-state index in [-0.39, 0.29) is 17.8 Å². The number of ether oxygens (including phenoxy) is 1. The van der Waals surface area contributed by atoms with E-state index in [1.165, 1.54) is 7.11 Å². The Morgan fingerprint density at radius 2 is 2.17 bits per heavy atom. The van der Waals surface area contributed by atoms with Crippen molar-refractivity contribution in [2.24, 2.45) is 0 Å². The first-order valence-corrected chi connectivity index (χ1v) is 9.66. The quantitative estimate of drug-likeness (QED) is 0.627. The molecule has 0 spiro atoms. The number of anilines is 1. The van der Waals surface area contributed by atoms with Crippen molar-refractivity contribution >= 4 is 23.3 Å². The molecule has 29 heavy (non-hydrogen) atoms. The minimum Gasteiger partial charge on any atom is -0.504 e. The van der Waals surface area contributed by atoms with Gasteiger partial charge in [0.2, 0.25) is 0 Å². The van der Waals surface area contributed by atoms with Gasteiger partial charge in [0.05, 0.1) is 17.8 Å². The summed E-state index contributed by atoms with van der Waals surface area (Å²) in [6, 6.07) is 12.3. The molecule has 0 radical (unpaired) electrons. The number of nitrogens with one attached hydrogen (secondary N) is 1. The van der Waals surface area contributed by atoms with Crippen molar-refractivity contribution in [3.8, 4) is 17.2 Å². The number of carbonyl (C=O) groups is 1. The molecular formula is C21H21ClN4O3. The highest BCUT2D eigenvalue weighted by atomic mass is 35.5. The standard InChI is InChI=1S/C21H21ClN4O3/c1-29-20-11-14(3-8-19(20)27)13-25(16-5-6-16)21(28)24-15-4-7-18(17(22)12-15)26-10-2-9-23-26/h2-4,7-12,16,27H,5-6,13H2,1H3,(H,24,28). The van der Waals surface area contributed by atoms with Crippen molar-refractivity contribution in [1.82, 2.24) is 14.7 Å². The van der Waals surface area contributed by atoms with Crippen LogP contribution in [0, 0.1) is 0 Å². The lowest BCUT2D eigenvalue weighted by Gasteiger charge is -2.23. The van der Waals surface area contributed by atoms with Gasteiger partial charge in [-0.05, 0) is 54.8 Å². The van der Waals surface area contributed by atoms with Gasteiger partial charge in [-0.25, -0.2) is 9.48 Å². The number of hydrogen-bond acceptors (Lipinski definition) is 4. The summed E-state index contributed by atoms with van der Waals surface area (Å²) < 4.78 is 6.83. The average molecular weight is 413 g/mol. The summed E-state index contributed by atoms with van der Waals surface area (Å²) in [5.41, 5.74) is 2.24. The number of carbonyl (C=O) groups excluding carboxylic acids is 1. The molecule has 2 N–H and O–H groups in total. The number of nitrogens with zero attached hydrogens (tertiary/aromatic N) is 3. The second-order valence-electron chi connectivity index (χ2n) is 6.91. The molecule has 8 heteroatoms. The van der Waals surface area contributed by atoms with Gasteiger partial charge in [-0.3, -0.25) is 0 Å². The molecule has 0 aliphatic heterocycles. The van der Waals surface area contributed by atoms with Gasteiger partial charge in [0, 0.05) is 30.7 Å². The predicted octanol–water partition coefficient (Wildman–Crippen LogP) is 4.44. The van der Waals surface area contributed by atoms with Crippen molar-refractivity contribution < 1.29 is 14.6 Å². The molecule has 1 aliphatic carbocycles. The van der Waals surface area contributed by atoms with Crippen LogP contribution in [0.5, 0.6) is 11.5 Å². The highest BCUT2D eigenvalue weighted by Crippen LogP contribution is 2.32. The zero-order valence-corrected chi connectivity index (χ0v) is 16.6. The van der Waals surface area contributed by atoms with Crippen LogP contribution in [0.25, 0.3) is 5.69 Å². The van der Waals surface area contributed by atoms with Crippen molar-refractivity contribution in [3.63, 3.8) is 0 Å². The Morgan fingerprint density at radius 1 is 1.34 bits per heavy atom. The largest absolute Gasteiger partial charge is 0.504 e. The molecule has 4 rings (SSSR count). The van der Waals surface area contributed by atoms with Crippen LogP contribution >= 0.6 is 11.6 Å². The minimum absolute atomic E-state index is 0.0746. The van der Waals surface area contributed by atoms with Crippen LogP contribution in [0.4, 0.5) is 10.5 Å². The number of phenolic OH excluding ortho intramolecular Hbond substituents is 1. The Morgan fingerprint density at radius 3 is 2.83 bits per heavy atom. The lowest BCUT2D eigenvalue weighted by Crippen LogP contribution is -2.36. The van der Waals surface area contributed by atoms with Crippen molar-refractivity contribution in [2.45, 2.75) is 25.4 Å². The molecule has 1 fully saturated rings. The normalized spacial score (nSPS) is 13.2. The van der Waals surface area contributed by atoms with E-state index in [4.69, 9.17) is 16.3 Å². The van der Waals surface area contributed by atoms with Gasteiger partial charge in [0.15, 0.2) is 11.5 Å². The smallest absolute Gasteiger partial charge is 0.322 e. The molecule has 0 atom stereocenters. The number of hydrogen-bond donors (Lipinski definition) is 2. The van der Waals surface area contributed by atoms with Gasteiger partial charge in [0.25, 0.3) is 0 Å². The van der Waals surface area contributed by atoms with E-state index < -0.39 is 0 Å². The summed E-state index contributed by atoms with van der Waals surface area (Å²) in [6.45, 7) is 0.423. The van der Waals surface area contributed by atoms with Crippen LogP contribution in [0.3, 0.4) is 0 Å². The third kappa shape index (κ3) is 4.30. The highest BCUT2D eigenvalue weighted by Gasteiger charge is 2.33. The molecule has 0 unspecified atom stereocenters. The number of phenols is 1. The van der Waals surface area contributed by atoms with Crippen LogP contribution in [-0.4, -0.2) is 39.0 Å². The minimum atomic E-state index is -0.192. The fourth-order valence-electron chi connectivity index (χ4n) is 3.15. The van der Waals surface area contributed by atoms with Gasteiger partial charge in [-0.15, -0.1) is 0 Å². The third-order valence-electron chi connectivity index (χ3n) is 4.80. The SMILES string of the molecule is COc1cc(CN(C(=O)Nc2ccc(-n3cccn3)c(Cl)c2)C2CC2)ccc1O. The van der Waals surface area contributed by atoms with Gasteiger partial charge in [0.1, 0.15) is 0 Å². The zero-order chi connectivity index (χ0) is 20.4. The number of urea groups is 1. The zero-order valence-electron chi connectivity index (χ0n) is 15.9. The number of aromatic nitrogens is 2. The maximum atomic E-state index is 12.9. The van der Waals surface area contributed by atoms with E-state index in [2.05, 4.69) is 10.4 Å². The lowest BCUT2D eigenvalue weighted by atomic mass is 10.2. The molecular weight excluding hydrogens is 392 g/mol. The number of amides is 2. The van der Waals surface area contributed by atoms with Gasteiger partial charge < -0.3 is 20.1 Å². The molecule has 2 amide bonds. The van der Waals surface area contributed by atoms with E-state index >= 15 is 0 Å². The van der Waals surface area contributed by atoms with Gasteiger partial charge in [-0.2, -0.15) is 5.10 Å². The van der Waals surface area contributed by atoms with Crippen molar-refractivity contribution in [1.29, 1.82) is 0 Å². The van der Waals surface area contributed by atoms with E-state index in [0.717, 1.165) is 24.1 Å². The topological polar surface area (TPSA) is 79.6 Å². The van der Waals surface area contributed by atoms with Crippen molar-refractivity contribution in [3.05, 3.63) is 65.4 Å². The Labute approximate surface area is 173 Å². The fraction of sp³-hybridized carbons (Fsp3) is 0.238. The molecule has 3 aromatic rings. The molecule has 150 valence electrons. The Kier molecular flexibility index (Phi) is 5.31. The number of aromatic hydroxyl groups is 1. The second kappa shape index (κ2) is 8.05. The first-order chi connectivity index (χ1) is 14.0. The number of halogens is 1. The lowest BCUT2D eigenvalue weighted by molar-refractivity contribution is 0.206. The Hall–Kier alpha value is -3.19. The first-order valence-electron chi connectivity index (χ1n) is 9.28. The number of methoxy groups -OCH3 is 1. The third-order valence-corrected chi connectivity index (χ3v) is 5.10. The first kappa shape index (κ1) is 19.1. The average Bonchev–Trinajstić information content (AvgIpc) is 3.41. The van der Waals surface area contributed by atoms with Crippen molar-refractivity contribution in [2.75, 3.05) is 12.4 Å². The van der Waals surface area contributed by atoms with E-state index in [1.807, 2.05) is 12.1 Å². The van der Waals surface area contributed by atoms with Gasteiger partial charge in [-0.1, -0.05) is 17.7 Å². The Balaban J connectivity index is 1.49. The number of benzene rings is 2. The van der Waals surface area contributed by atoms with E-state index in [1.54, 1.807) is 52.3 Å². The molecule has 0 bridgehead atoms. The maximum Gasteiger partial charge on any atom is 0.322 e.